The van der Waals surface area contributed by atoms with Crippen LogP contribution >= 0.6 is 12.4 Å². The van der Waals surface area contributed by atoms with Gasteiger partial charge in [-0.2, -0.15) is 0 Å². The maximum Gasteiger partial charge on any atom is 0.252 e. The van der Waals surface area contributed by atoms with Crippen molar-refractivity contribution in [1.82, 2.24) is 5.32 Å². The number of carbonyl (C=O) groups excluding carboxylic acids is 1. The van der Waals surface area contributed by atoms with Crippen molar-refractivity contribution in [2.24, 2.45) is 5.73 Å². The summed E-state index contributed by atoms with van der Waals surface area (Å²) >= 11 is 0. The molecule has 2 saturated carbocycles. The molecule has 0 unspecified atom stereocenters. The first-order valence-corrected chi connectivity index (χ1v) is 6.49. The van der Waals surface area contributed by atoms with E-state index in [0.717, 1.165) is 12.0 Å². The molecule has 110 valence electrons. The Bertz CT molecular complexity index is 516. The number of hydrogen-bond acceptors (Lipinski definition) is 2. The average molecular weight is 303 g/mol. The molecule has 0 spiro atoms. The van der Waals surface area contributed by atoms with Crippen LogP contribution in [-0.4, -0.2) is 23.9 Å². The third-order valence-electron chi connectivity index (χ3n) is 3.84. The number of amides is 1. The second kappa shape index (κ2) is 5.30. The molecule has 0 bridgehead atoms. The van der Waals surface area contributed by atoms with E-state index in [1.807, 2.05) is 18.2 Å². The van der Waals surface area contributed by atoms with E-state index in [1.54, 1.807) is 6.07 Å². The standard InChI is InChI=1S/C14H16F2N2O.ClH/c15-14(16)6-10(7-14)18-13(19)9-3-1-2-8(4-9)11-5-12(11)17;/h1-4,10-12H,5-7,17H2,(H,18,19);1H/t11-,12+;/m0./s1. The zero-order valence-electron chi connectivity index (χ0n) is 10.8. The zero-order valence-corrected chi connectivity index (χ0v) is 11.6. The smallest absolute Gasteiger partial charge is 0.252 e. The molecule has 1 aromatic rings. The lowest BCUT2D eigenvalue weighted by atomic mass is 9.88. The van der Waals surface area contributed by atoms with Gasteiger partial charge >= 0.3 is 0 Å². The molecule has 0 saturated heterocycles. The average Bonchev–Trinajstić information content (AvgIpc) is 3.04. The third-order valence-corrected chi connectivity index (χ3v) is 3.84. The molecule has 3 N–H and O–H groups in total. The van der Waals surface area contributed by atoms with Gasteiger partial charge < -0.3 is 11.1 Å². The number of rotatable bonds is 3. The highest BCUT2D eigenvalue weighted by Crippen LogP contribution is 2.39. The lowest BCUT2D eigenvalue weighted by Gasteiger charge is -2.35. The molecule has 0 aliphatic heterocycles. The summed E-state index contributed by atoms with van der Waals surface area (Å²) in [6, 6.07) is 7.04. The molecule has 6 heteroatoms. The Labute approximate surface area is 122 Å². The Morgan fingerprint density at radius 2 is 2.00 bits per heavy atom. The van der Waals surface area contributed by atoms with Crippen molar-refractivity contribution in [1.29, 1.82) is 0 Å². The molecule has 3 rings (SSSR count). The molecule has 0 radical (unpaired) electrons. The Morgan fingerprint density at radius 3 is 2.55 bits per heavy atom. The fourth-order valence-corrected chi connectivity index (χ4v) is 2.54. The highest BCUT2D eigenvalue weighted by molar-refractivity contribution is 5.94. The van der Waals surface area contributed by atoms with Gasteiger partial charge in [0.2, 0.25) is 0 Å². The van der Waals surface area contributed by atoms with Crippen LogP contribution in [0, 0.1) is 0 Å². The van der Waals surface area contributed by atoms with E-state index in [0.29, 0.717) is 11.5 Å². The quantitative estimate of drug-likeness (QED) is 0.901. The summed E-state index contributed by atoms with van der Waals surface area (Å²) in [5.74, 6) is -2.56. The van der Waals surface area contributed by atoms with Crippen LogP contribution in [-0.2, 0) is 0 Å². The Morgan fingerprint density at radius 1 is 1.35 bits per heavy atom. The van der Waals surface area contributed by atoms with Gasteiger partial charge in [-0.25, -0.2) is 8.78 Å². The van der Waals surface area contributed by atoms with Gasteiger partial charge in [-0.3, -0.25) is 4.79 Å². The van der Waals surface area contributed by atoms with Gasteiger partial charge in [0.1, 0.15) is 0 Å². The minimum atomic E-state index is -2.61. The number of carbonyl (C=O) groups is 1. The Kier molecular flexibility index (Phi) is 4.02. The molecular formula is C14H17ClF2N2O. The van der Waals surface area contributed by atoms with Crippen LogP contribution in [0.25, 0.3) is 0 Å². The van der Waals surface area contributed by atoms with Gasteiger partial charge in [0, 0.05) is 36.4 Å². The largest absolute Gasteiger partial charge is 0.349 e. The van der Waals surface area contributed by atoms with Crippen LogP contribution in [0.5, 0.6) is 0 Å². The number of hydrogen-bond donors (Lipinski definition) is 2. The van der Waals surface area contributed by atoms with E-state index >= 15 is 0 Å². The minimum absolute atomic E-state index is 0. The highest BCUT2D eigenvalue weighted by atomic mass is 35.5. The fraction of sp³-hybridized carbons (Fsp3) is 0.500. The van der Waals surface area contributed by atoms with Gasteiger partial charge in [0.05, 0.1) is 0 Å². The lowest BCUT2D eigenvalue weighted by molar-refractivity contribution is -0.0901. The predicted octanol–water partition coefficient (Wildman–Crippen LogP) is 2.45. The van der Waals surface area contributed by atoms with E-state index in [9.17, 15) is 13.6 Å². The van der Waals surface area contributed by atoms with Gasteiger partial charge in [0.25, 0.3) is 11.8 Å². The summed E-state index contributed by atoms with van der Waals surface area (Å²) in [5, 5.41) is 2.64. The van der Waals surface area contributed by atoms with Crippen LogP contribution in [0.4, 0.5) is 8.78 Å². The molecule has 2 aliphatic carbocycles. The summed E-state index contributed by atoms with van der Waals surface area (Å²) in [6.07, 6.45) is 0.428. The van der Waals surface area contributed by atoms with Crippen LogP contribution in [0.1, 0.15) is 41.1 Å². The normalized spacial score (nSPS) is 27.1. The van der Waals surface area contributed by atoms with Crippen LogP contribution in [0.3, 0.4) is 0 Å². The van der Waals surface area contributed by atoms with E-state index < -0.39 is 12.0 Å². The summed E-state index contributed by atoms with van der Waals surface area (Å²) in [7, 11) is 0. The topological polar surface area (TPSA) is 55.1 Å². The highest BCUT2D eigenvalue weighted by Gasteiger charge is 2.46. The van der Waals surface area contributed by atoms with E-state index in [-0.39, 0.29) is 37.2 Å². The molecule has 2 fully saturated rings. The van der Waals surface area contributed by atoms with E-state index in [1.165, 1.54) is 0 Å². The maximum absolute atomic E-state index is 12.7. The monoisotopic (exact) mass is 302 g/mol. The first-order valence-electron chi connectivity index (χ1n) is 6.49. The van der Waals surface area contributed by atoms with E-state index in [4.69, 9.17) is 5.73 Å². The minimum Gasteiger partial charge on any atom is -0.349 e. The van der Waals surface area contributed by atoms with Crippen LogP contribution in [0.2, 0.25) is 0 Å². The van der Waals surface area contributed by atoms with Crippen molar-refractivity contribution in [3.63, 3.8) is 0 Å². The number of nitrogens with one attached hydrogen (secondary N) is 1. The lowest BCUT2D eigenvalue weighted by Crippen LogP contribution is -2.50. The van der Waals surface area contributed by atoms with Gasteiger partial charge in [-0.05, 0) is 24.1 Å². The summed E-state index contributed by atoms with van der Waals surface area (Å²) in [4.78, 5) is 11.9. The maximum atomic E-state index is 12.7. The number of nitrogens with two attached hydrogens (primary N) is 1. The molecule has 2 atom stereocenters. The van der Waals surface area contributed by atoms with Gasteiger partial charge in [-0.15, -0.1) is 12.4 Å². The Hall–Kier alpha value is -1.20. The molecule has 20 heavy (non-hydrogen) atoms. The van der Waals surface area contributed by atoms with Crippen molar-refractivity contribution in [2.45, 2.75) is 43.2 Å². The summed E-state index contributed by atoms with van der Waals surface area (Å²) in [5.41, 5.74) is 7.36. The second-order valence-corrected chi connectivity index (χ2v) is 5.57. The van der Waals surface area contributed by atoms with E-state index in [2.05, 4.69) is 5.32 Å². The third kappa shape index (κ3) is 3.10. The van der Waals surface area contributed by atoms with Crippen LogP contribution < -0.4 is 11.1 Å². The van der Waals surface area contributed by atoms with Crippen molar-refractivity contribution in [3.05, 3.63) is 35.4 Å². The van der Waals surface area contributed by atoms with Crippen LogP contribution in [0.15, 0.2) is 24.3 Å². The first-order chi connectivity index (χ1) is 8.94. The van der Waals surface area contributed by atoms with Crippen molar-refractivity contribution in [3.8, 4) is 0 Å². The van der Waals surface area contributed by atoms with Crippen molar-refractivity contribution >= 4 is 18.3 Å². The molecule has 0 aromatic heterocycles. The predicted molar refractivity (Wildman–Crippen MR) is 74.5 cm³/mol. The van der Waals surface area contributed by atoms with Gasteiger partial charge in [-0.1, -0.05) is 12.1 Å². The SMILES string of the molecule is Cl.N[C@@H]1C[C@H]1c1cccc(C(=O)NC2CC(F)(F)C2)c1. The number of benzene rings is 1. The van der Waals surface area contributed by atoms with Gasteiger partial charge in [0.15, 0.2) is 0 Å². The molecule has 1 aromatic carbocycles. The molecule has 2 aliphatic rings. The molecule has 3 nitrogen and oxygen atoms in total. The second-order valence-electron chi connectivity index (χ2n) is 5.57. The first kappa shape index (κ1) is 15.2. The molecular weight excluding hydrogens is 286 g/mol. The summed E-state index contributed by atoms with van der Waals surface area (Å²) < 4.78 is 25.4. The molecule has 0 heterocycles. The van der Waals surface area contributed by atoms with Crippen molar-refractivity contribution in [2.75, 3.05) is 0 Å². The number of alkyl halides is 2. The summed E-state index contributed by atoms with van der Waals surface area (Å²) in [6.45, 7) is 0. The Balaban J connectivity index is 0.00000147. The fourth-order valence-electron chi connectivity index (χ4n) is 2.54. The van der Waals surface area contributed by atoms with Crippen molar-refractivity contribution < 1.29 is 13.6 Å². The number of halogens is 3. The zero-order chi connectivity index (χ0) is 13.6. The molecule has 1 amide bonds.